The Kier molecular flexibility index (Phi) is 5.07. The number of ether oxygens (including phenoxy) is 1. The lowest BCUT2D eigenvalue weighted by Gasteiger charge is -2.15. The fourth-order valence-electron chi connectivity index (χ4n) is 3.00. The van der Waals surface area contributed by atoms with Gasteiger partial charge in [-0.05, 0) is 36.4 Å². The summed E-state index contributed by atoms with van der Waals surface area (Å²) in [6.07, 6.45) is 2.72. The Morgan fingerprint density at radius 2 is 1.93 bits per heavy atom. The van der Waals surface area contributed by atoms with E-state index in [4.69, 9.17) is 27.5 Å². The first kappa shape index (κ1) is 19.4. The van der Waals surface area contributed by atoms with Crippen molar-refractivity contribution in [2.45, 2.75) is 0 Å². The number of carbonyl (C=O) groups excluding carboxylic acids is 2. The first-order chi connectivity index (χ1) is 14.4. The molecule has 1 aliphatic heterocycles. The van der Waals surface area contributed by atoms with E-state index in [1.54, 1.807) is 41.3 Å². The lowest BCUT2D eigenvalue weighted by molar-refractivity contribution is 0.0971. The molecular weight excluding hydrogens is 410 g/mol. The van der Waals surface area contributed by atoms with Crippen LogP contribution in [0.1, 0.15) is 21.0 Å². The zero-order valence-corrected chi connectivity index (χ0v) is 16.3. The normalized spacial score (nSPS) is 13.2. The third-order valence-corrected chi connectivity index (χ3v) is 4.63. The summed E-state index contributed by atoms with van der Waals surface area (Å²) in [4.78, 5) is 34.6. The van der Waals surface area contributed by atoms with Gasteiger partial charge in [-0.2, -0.15) is 0 Å². The number of halogens is 1. The number of amidine groups is 1. The molecule has 1 saturated heterocycles. The van der Waals surface area contributed by atoms with Crippen molar-refractivity contribution in [3.8, 4) is 5.82 Å². The van der Waals surface area contributed by atoms with Gasteiger partial charge in [-0.3, -0.25) is 24.5 Å². The number of imidazole rings is 1. The summed E-state index contributed by atoms with van der Waals surface area (Å²) in [5.41, 5.74) is 6.42. The van der Waals surface area contributed by atoms with Gasteiger partial charge >= 0.3 is 0 Å². The number of benzene rings is 1. The number of nitrogens with zero attached hydrogens (tertiary/aromatic N) is 4. The third-order valence-electron chi connectivity index (χ3n) is 4.41. The van der Waals surface area contributed by atoms with Gasteiger partial charge in [0.25, 0.3) is 17.8 Å². The molecule has 0 atom stereocenters. The van der Waals surface area contributed by atoms with Crippen LogP contribution < -0.4 is 16.0 Å². The van der Waals surface area contributed by atoms with Gasteiger partial charge in [0, 0.05) is 17.6 Å². The molecule has 0 radical (unpaired) electrons. The predicted molar refractivity (Wildman–Crippen MR) is 110 cm³/mol. The Labute approximate surface area is 175 Å². The number of aromatic nitrogens is 3. The second kappa shape index (κ2) is 7.84. The highest BCUT2D eigenvalue weighted by atomic mass is 35.5. The van der Waals surface area contributed by atoms with Crippen LogP contribution in [0, 0.1) is 5.41 Å². The predicted octanol–water partition coefficient (Wildman–Crippen LogP) is 2.04. The van der Waals surface area contributed by atoms with Crippen molar-refractivity contribution in [1.29, 1.82) is 5.41 Å². The van der Waals surface area contributed by atoms with E-state index in [1.165, 1.54) is 17.1 Å². The minimum absolute atomic E-state index is 0.0453. The number of amides is 2. The van der Waals surface area contributed by atoms with Crippen LogP contribution in [-0.2, 0) is 4.74 Å². The molecule has 1 aliphatic rings. The maximum Gasteiger partial charge on any atom is 0.289 e. The van der Waals surface area contributed by atoms with Crippen LogP contribution in [0.15, 0.2) is 48.9 Å². The van der Waals surface area contributed by atoms with E-state index in [0.29, 0.717) is 29.7 Å². The van der Waals surface area contributed by atoms with Gasteiger partial charge in [0.15, 0.2) is 5.69 Å². The summed E-state index contributed by atoms with van der Waals surface area (Å²) in [5, 5.41) is 10.9. The van der Waals surface area contributed by atoms with Crippen molar-refractivity contribution < 1.29 is 14.3 Å². The molecule has 3 heterocycles. The summed E-state index contributed by atoms with van der Waals surface area (Å²) in [6, 6.07) is 10.2. The second-order valence-electron chi connectivity index (χ2n) is 6.32. The number of nitrogens with two attached hydrogens (primary N) is 1. The van der Waals surface area contributed by atoms with E-state index in [2.05, 4.69) is 15.3 Å². The van der Waals surface area contributed by atoms with Gasteiger partial charge in [0.2, 0.25) is 0 Å². The molecule has 2 aromatic heterocycles. The highest BCUT2D eigenvalue weighted by Gasteiger charge is 2.24. The van der Waals surface area contributed by atoms with Crippen LogP contribution in [0.2, 0.25) is 5.02 Å². The van der Waals surface area contributed by atoms with Crippen LogP contribution >= 0.6 is 11.6 Å². The first-order valence-corrected chi connectivity index (χ1v) is 9.21. The molecule has 152 valence electrons. The number of nitrogens with one attached hydrogen (secondary N) is 2. The number of pyridine rings is 1. The minimum Gasteiger partial charge on any atom is -0.463 e. The fourth-order valence-corrected chi connectivity index (χ4v) is 3.12. The maximum atomic E-state index is 13.0. The average molecular weight is 426 g/mol. The summed E-state index contributed by atoms with van der Waals surface area (Å²) in [6.45, 7) is 1.04. The van der Waals surface area contributed by atoms with Crippen LogP contribution in [0.5, 0.6) is 0 Å². The molecule has 4 N–H and O–H groups in total. The lowest BCUT2D eigenvalue weighted by Crippen LogP contribution is -2.24. The van der Waals surface area contributed by atoms with Crippen molar-refractivity contribution in [3.63, 3.8) is 0 Å². The van der Waals surface area contributed by atoms with Gasteiger partial charge < -0.3 is 15.8 Å². The molecule has 10 nitrogen and oxygen atoms in total. The van der Waals surface area contributed by atoms with E-state index in [-0.39, 0.29) is 17.4 Å². The Bertz CT molecular complexity index is 1130. The second-order valence-corrected chi connectivity index (χ2v) is 6.75. The smallest absolute Gasteiger partial charge is 0.289 e. The van der Waals surface area contributed by atoms with E-state index in [9.17, 15) is 9.59 Å². The van der Waals surface area contributed by atoms with Gasteiger partial charge in [-0.1, -0.05) is 11.6 Å². The number of carbonyl (C=O) groups is 2. The zero-order chi connectivity index (χ0) is 21.3. The molecule has 0 bridgehead atoms. The molecular formula is C19H16ClN7O3. The van der Waals surface area contributed by atoms with Crippen molar-refractivity contribution in [2.24, 2.45) is 5.73 Å². The molecule has 2 amide bonds. The van der Waals surface area contributed by atoms with E-state index < -0.39 is 11.8 Å². The molecule has 4 rings (SSSR count). The largest absolute Gasteiger partial charge is 0.463 e. The quantitative estimate of drug-likeness (QED) is 0.571. The highest BCUT2D eigenvalue weighted by Crippen LogP contribution is 2.22. The van der Waals surface area contributed by atoms with Gasteiger partial charge in [0.05, 0.1) is 11.6 Å². The molecule has 1 fully saturated rings. The monoisotopic (exact) mass is 425 g/mol. The maximum absolute atomic E-state index is 13.0. The number of hydrogen-bond acceptors (Lipinski definition) is 6. The Balaban J connectivity index is 1.61. The summed E-state index contributed by atoms with van der Waals surface area (Å²) in [5.74, 6) is -1.06. The summed E-state index contributed by atoms with van der Waals surface area (Å²) < 4.78 is 6.50. The van der Waals surface area contributed by atoms with Crippen molar-refractivity contribution in [2.75, 3.05) is 23.4 Å². The van der Waals surface area contributed by atoms with E-state index in [1.807, 2.05) is 0 Å². The van der Waals surface area contributed by atoms with Crippen LogP contribution in [0.25, 0.3) is 5.82 Å². The first-order valence-electron chi connectivity index (χ1n) is 8.83. The molecule has 0 saturated carbocycles. The standard InChI is InChI=1S/C19H16ClN7O3/c20-11-1-6-14(23-9-11)27-10-24-15(17(21)28)16(27)18(29)25-12-2-4-13(5-3-12)26-7-8-30-19(26)22/h1-6,9-10,22H,7-8H2,(H2,21,28)(H,25,29). The van der Waals surface area contributed by atoms with E-state index in [0.717, 1.165) is 5.69 Å². The zero-order valence-electron chi connectivity index (χ0n) is 15.5. The fraction of sp³-hybridized carbons (Fsp3) is 0.105. The SMILES string of the molecule is N=C1OCCN1c1ccc(NC(=O)c2c(C(N)=O)ncn2-c2ccc(Cl)cn2)cc1. The van der Waals surface area contributed by atoms with Crippen molar-refractivity contribution in [3.05, 3.63) is 65.3 Å². The Morgan fingerprint density at radius 1 is 1.17 bits per heavy atom. The minimum atomic E-state index is -0.837. The average Bonchev–Trinajstić information content (AvgIpc) is 3.36. The van der Waals surface area contributed by atoms with Gasteiger partial charge in [-0.15, -0.1) is 0 Å². The van der Waals surface area contributed by atoms with Crippen LogP contribution in [-0.4, -0.2) is 45.5 Å². The van der Waals surface area contributed by atoms with E-state index >= 15 is 0 Å². The number of hydrogen-bond donors (Lipinski definition) is 3. The Morgan fingerprint density at radius 3 is 2.53 bits per heavy atom. The van der Waals surface area contributed by atoms with Crippen LogP contribution in [0.3, 0.4) is 0 Å². The number of rotatable bonds is 5. The molecule has 0 spiro atoms. The number of anilines is 2. The Hall–Kier alpha value is -3.92. The van der Waals surface area contributed by atoms with Gasteiger partial charge in [0.1, 0.15) is 24.4 Å². The topological polar surface area (TPSA) is 139 Å². The molecule has 11 heteroatoms. The molecule has 3 aromatic rings. The van der Waals surface area contributed by atoms with Crippen molar-refractivity contribution >= 4 is 40.8 Å². The molecule has 30 heavy (non-hydrogen) atoms. The third kappa shape index (κ3) is 3.67. The molecule has 1 aromatic carbocycles. The van der Waals surface area contributed by atoms with Crippen molar-refractivity contribution in [1.82, 2.24) is 14.5 Å². The molecule has 0 unspecified atom stereocenters. The van der Waals surface area contributed by atoms with Gasteiger partial charge in [-0.25, -0.2) is 9.97 Å². The molecule has 0 aliphatic carbocycles. The lowest BCUT2D eigenvalue weighted by atomic mass is 10.2. The number of primary amides is 1. The summed E-state index contributed by atoms with van der Waals surface area (Å²) in [7, 11) is 0. The summed E-state index contributed by atoms with van der Waals surface area (Å²) >= 11 is 5.87. The van der Waals surface area contributed by atoms with Crippen LogP contribution in [0.4, 0.5) is 11.4 Å². The highest BCUT2D eigenvalue weighted by molar-refractivity contribution is 6.30.